The van der Waals surface area contributed by atoms with Crippen molar-refractivity contribution in [2.75, 3.05) is 6.54 Å². The molecule has 0 atom stereocenters. The van der Waals surface area contributed by atoms with Gasteiger partial charge in [-0.05, 0) is 68.6 Å². The van der Waals surface area contributed by atoms with Crippen LogP contribution in [0, 0.1) is 47.4 Å². The Morgan fingerprint density at radius 2 is 0.603 bits per heavy atom. The van der Waals surface area contributed by atoms with Gasteiger partial charge in [-0.3, -0.25) is 9.59 Å². The number of carbonyl (C=O) groups is 2. The molecule has 0 saturated heterocycles. The predicted molar refractivity (Wildman–Crippen MR) is 255 cm³/mol. The number of amides is 2. The molecule has 0 aliphatic carbocycles. The number of hydrogen-bond donors (Lipinski definition) is 2. The number of carbonyl (C=O) groups excluding carboxylic acids is 2. The molecular weight excluding hydrogens is 709 g/mol. The first kappa shape index (κ1) is 57.3. The Kier molecular flexibility index (Phi) is 53.5. The summed E-state index contributed by atoms with van der Waals surface area (Å²) in [6, 6.07) is 0. The predicted octanol–water partition coefficient (Wildman–Crippen LogP) is 15.3. The summed E-state index contributed by atoms with van der Waals surface area (Å²) in [5.74, 6) is 24.8. The zero-order chi connectivity index (χ0) is 42.5. The third kappa shape index (κ3) is 57.5. The van der Waals surface area contributed by atoms with Crippen LogP contribution in [0.4, 0.5) is 0 Å². The molecule has 4 heteroatoms. The second-order valence-corrected chi connectivity index (χ2v) is 16.5. The summed E-state index contributed by atoms with van der Waals surface area (Å²) < 4.78 is 0. The van der Waals surface area contributed by atoms with Gasteiger partial charge in [0.05, 0.1) is 0 Å². The van der Waals surface area contributed by atoms with E-state index in [4.69, 9.17) is 5.73 Å². The van der Waals surface area contributed by atoms with Crippen LogP contribution in [0.15, 0.2) is 0 Å². The van der Waals surface area contributed by atoms with E-state index in [0.717, 1.165) is 77.2 Å². The Morgan fingerprint density at radius 3 is 0.897 bits per heavy atom. The normalized spacial score (nSPS) is 10.1. The van der Waals surface area contributed by atoms with E-state index in [2.05, 4.69) is 73.5 Å². The Labute approximate surface area is 362 Å². The van der Waals surface area contributed by atoms with Gasteiger partial charge in [-0.2, -0.15) is 0 Å². The maximum absolute atomic E-state index is 11.6. The smallest absolute Gasteiger partial charge is 0.219 e. The van der Waals surface area contributed by atoms with E-state index < -0.39 is 0 Å². The molecule has 0 unspecified atom stereocenters. The summed E-state index contributed by atoms with van der Waals surface area (Å²) in [4.78, 5) is 22.2. The molecule has 0 bridgehead atoms. The van der Waals surface area contributed by atoms with Gasteiger partial charge in [0.1, 0.15) is 0 Å². The maximum Gasteiger partial charge on any atom is 0.219 e. The van der Waals surface area contributed by atoms with Gasteiger partial charge in [0.15, 0.2) is 0 Å². The highest BCUT2D eigenvalue weighted by Crippen LogP contribution is 2.13. The van der Waals surface area contributed by atoms with E-state index >= 15 is 0 Å². The number of hydrogen-bond acceptors (Lipinski definition) is 2. The number of nitrogens with two attached hydrogens (primary N) is 1. The number of rotatable bonds is 39. The zero-order valence-electron chi connectivity index (χ0n) is 38.9. The summed E-state index contributed by atoms with van der Waals surface area (Å²) in [6.07, 6.45) is 48.7. The van der Waals surface area contributed by atoms with Crippen LogP contribution in [0.25, 0.3) is 0 Å². The Bertz CT molecular complexity index is 1130. The second-order valence-electron chi connectivity index (χ2n) is 16.5. The van der Waals surface area contributed by atoms with Crippen molar-refractivity contribution in [3.63, 3.8) is 0 Å². The molecule has 0 rings (SSSR count). The summed E-state index contributed by atoms with van der Waals surface area (Å²) >= 11 is 0. The van der Waals surface area contributed by atoms with Gasteiger partial charge >= 0.3 is 0 Å². The minimum Gasteiger partial charge on any atom is -0.370 e. The number of primary amides is 1. The van der Waals surface area contributed by atoms with Crippen molar-refractivity contribution in [1.82, 2.24) is 5.32 Å². The van der Waals surface area contributed by atoms with Crippen molar-refractivity contribution < 1.29 is 9.59 Å². The van der Waals surface area contributed by atoms with Gasteiger partial charge in [-0.25, -0.2) is 0 Å². The van der Waals surface area contributed by atoms with E-state index in [9.17, 15) is 9.59 Å². The summed E-state index contributed by atoms with van der Waals surface area (Å²) in [6.45, 7) is 7.53. The number of unbranched alkanes of at least 4 members (excludes halogenated alkanes) is 33. The lowest BCUT2D eigenvalue weighted by molar-refractivity contribution is -0.121. The third-order valence-corrected chi connectivity index (χ3v) is 10.6. The average Bonchev–Trinajstić information content (AvgIpc) is 3.22. The number of nitrogens with one attached hydrogen (secondary N) is 1. The Balaban J connectivity index is 0. The van der Waals surface area contributed by atoms with Crippen LogP contribution in [0.3, 0.4) is 0 Å². The quantitative estimate of drug-likeness (QED) is 0.0480. The first-order chi connectivity index (χ1) is 28.6. The summed E-state index contributed by atoms with van der Waals surface area (Å²) in [5.41, 5.74) is 5.12. The third-order valence-electron chi connectivity index (χ3n) is 10.6. The molecule has 2 amide bonds. The molecular formula is C54H94N2O2. The van der Waals surface area contributed by atoms with Crippen LogP contribution >= 0.6 is 0 Å². The standard InChI is InChI=1S/C29H51NO.C25H43NO/c1-3-5-7-8-9-10-11-12-13-14-15-16-17-18-19-20-21-22-23-24-25-26-27-29(31)30-28-6-4-2;1-2-3-4-5-6-7-8-9-10-11-12-13-14-15-16-17-18-19-20-21-22-23-24-25(26)27/h3-15,20-28H2,1-2H3,(H,30,31);2-12,17-24H2,1H3,(H2,26,27). The van der Waals surface area contributed by atoms with Crippen LogP contribution in [-0.4, -0.2) is 18.4 Å². The first-order valence-electron chi connectivity index (χ1n) is 25.0. The molecule has 3 N–H and O–H groups in total. The van der Waals surface area contributed by atoms with E-state index in [-0.39, 0.29) is 11.8 Å². The fraction of sp³-hybridized carbons (Fsp3) is 0.815. The first-order valence-corrected chi connectivity index (χ1v) is 25.0. The molecule has 0 heterocycles. The molecule has 0 radical (unpaired) electrons. The van der Waals surface area contributed by atoms with E-state index in [1.165, 1.54) is 173 Å². The molecule has 0 aromatic carbocycles. The van der Waals surface area contributed by atoms with Crippen LogP contribution in [0.2, 0.25) is 0 Å². The molecule has 0 aromatic rings. The van der Waals surface area contributed by atoms with Crippen molar-refractivity contribution in [2.24, 2.45) is 5.73 Å². The lowest BCUT2D eigenvalue weighted by Gasteiger charge is -2.04. The van der Waals surface area contributed by atoms with Gasteiger partial charge in [0.25, 0.3) is 0 Å². The Hall–Kier alpha value is -2.82. The minimum atomic E-state index is -0.181. The lowest BCUT2D eigenvalue weighted by atomic mass is 10.1. The highest BCUT2D eigenvalue weighted by atomic mass is 16.1. The van der Waals surface area contributed by atoms with Crippen molar-refractivity contribution >= 4 is 11.8 Å². The van der Waals surface area contributed by atoms with Crippen LogP contribution in [-0.2, 0) is 9.59 Å². The molecule has 0 aromatic heterocycles. The molecule has 0 fully saturated rings. The van der Waals surface area contributed by atoms with E-state index in [1.54, 1.807) is 0 Å². The second kappa shape index (κ2) is 54.2. The lowest BCUT2D eigenvalue weighted by Crippen LogP contribution is -2.23. The topological polar surface area (TPSA) is 72.2 Å². The maximum atomic E-state index is 11.6. The fourth-order valence-electron chi connectivity index (χ4n) is 6.75. The monoisotopic (exact) mass is 803 g/mol. The van der Waals surface area contributed by atoms with Gasteiger partial charge in [-0.1, -0.05) is 218 Å². The molecule has 4 nitrogen and oxygen atoms in total. The van der Waals surface area contributed by atoms with Crippen molar-refractivity contribution in [3.8, 4) is 47.4 Å². The fourth-order valence-corrected chi connectivity index (χ4v) is 6.75. The SMILES string of the molecule is CCCCCCCCCCCCC#CC#CCCCCCCCCC(=O)NCCCC.CCCCCCCCCCCCC#CC#CCCCCCCCCC(N)=O. The van der Waals surface area contributed by atoms with Crippen LogP contribution in [0.1, 0.15) is 278 Å². The molecule has 58 heavy (non-hydrogen) atoms. The summed E-state index contributed by atoms with van der Waals surface area (Å²) in [5, 5.41) is 2.98. The van der Waals surface area contributed by atoms with Crippen molar-refractivity contribution in [2.45, 2.75) is 278 Å². The van der Waals surface area contributed by atoms with E-state index in [0.29, 0.717) is 12.8 Å². The highest BCUT2D eigenvalue weighted by molar-refractivity contribution is 5.75. The molecule has 0 aliphatic heterocycles. The van der Waals surface area contributed by atoms with Crippen molar-refractivity contribution in [3.05, 3.63) is 0 Å². The average molecular weight is 803 g/mol. The minimum absolute atomic E-state index is 0.181. The van der Waals surface area contributed by atoms with Gasteiger partial charge in [0.2, 0.25) is 11.8 Å². The zero-order valence-corrected chi connectivity index (χ0v) is 38.9. The molecule has 0 saturated carbocycles. The molecule has 0 aliphatic rings. The molecule has 332 valence electrons. The van der Waals surface area contributed by atoms with Crippen molar-refractivity contribution in [1.29, 1.82) is 0 Å². The largest absolute Gasteiger partial charge is 0.370 e. The molecule has 0 spiro atoms. The Morgan fingerprint density at radius 1 is 0.345 bits per heavy atom. The van der Waals surface area contributed by atoms with Gasteiger partial charge in [0, 0.05) is 45.1 Å². The van der Waals surface area contributed by atoms with Crippen LogP contribution < -0.4 is 11.1 Å². The highest BCUT2D eigenvalue weighted by Gasteiger charge is 2.00. The summed E-state index contributed by atoms with van der Waals surface area (Å²) in [7, 11) is 0. The van der Waals surface area contributed by atoms with Gasteiger partial charge in [-0.15, -0.1) is 0 Å². The van der Waals surface area contributed by atoms with Crippen LogP contribution in [0.5, 0.6) is 0 Å². The van der Waals surface area contributed by atoms with Gasteiger partial charge < -0.3 is 11.1 Å². The van der Waals surface area contributed by atoms with E-state index in [1.807, 2.05) is 0 Å².